The summed E-state index contributed by atoms with van der Waals surface area (Å²) in [4.78, 5) is 1.27. The molecule has 0 N–H and O–H groups in total. The highest BCUT2D eigenvalue weighted by atomic mass is 32.2. The number of ether oxygens (including phenoxy) is 1. The quantitative estimate of drug-likeness (QED) is 0.686. The second-order valence-electron chi connectivity index (χ2n) is 4.75. The summed E-state index contributed by atoms with van der Waals surface area (Å²) in [5.41, 5.74) is 2.56. The maximum Gasteiger partial charge on any atom is 0.139 e. The molecule has 2 aliphatic rings. The Balaban J connectivity index is 1.93. The van der Waals surface area contributed by atoms with Gasteiger partial charge in [-0.15, -0.1) is 11.8 Å². The Labute approximate surface area is 99.4 Å². The Bertz CT molecular complexity index is 420. The number of halogens is 1. The van der Waals surface area contributed by atoms with Crippen LogP contribution in [-0.2, 0) is 11.2 Å². The van der Waals surface area contributed by atoms with E-state index in [0.29, 0.717) is 6.61 Å². The summed E-state index contributed by atoms with van der Waals surface area (Å²) in [6.45, 7) is 3.04. The van der Waals surface area contributed by atoms with Crippen molar-refractivity contribution in [1.82, 2.24) is 0 Å². The monoisotopic (exact) mass is 238 g/mol. The predicted molar refractivity (Wildman–Crippen MR) is 63.8 cm³/mol. The Morgan fingerprint density at radius 2 is 2.38 bits per heavy atom. The van der Waals surface area contributed by atoms with Crippen molar-refractivity contribution < 1.29 is 9.13 Å². The summed E-state index contributed by atoms with van der Waals surface area (Å²) in [5.74, 6) is 0. The van der Waals surface area contributed by atoms with E-state index in [2.05, 4.69) is 25.1 Å². The standard InChI is InChI=1S/C13H15FOS/c1-9-2-3-10-7-13(16-11(10)6-9)4-5-15-8-12(13)14/h2-3,6,12H,4-5,7-8H2,1H3. The Morgan fingerprint density at radius 1 is 1.50 bits per heavy atom. The molecule has 3 heteroatoms. The molecule has 3 rings (SSSR count). The average molecular weight is 238 g/mol. The summed E-state index contributed by atoms with van der Waals surface area (Å²) in [7, 11) is 0. The molecule has 86 valence electrons. The summed E-state index contributed by atoms with van der Waals surface area (Å²) >= 11 is 1.73. The van der Waals surface area contributed by atoms with Gasteiger partial charge in [-0.05, 0) is 31.4 Å². The zero-order valence-corrected chi connectivity index (χ0v) is 10.1. The first-order valence-corrected chi connectivity index (χ1v) is 6.52. The lowest BCUT2D eigenvalue weighted by Gasteiger charge is -2.35. The number of hydrogen-bond donors (Lipinski definition) is 0. The molecule has 1 spiro atoms. The lowest BCUT2D eigenvalue weighted by Crippen LogP contribution is -2.44. The van der Waals surface area contributed by atoms with Crippen LogP contribution in [0.2, 0.25) is 0 Å². The normalized spacial score (nSPS) is 33.0. The van der Waals surface area contributed by atoms with Crippen molar-refractivity contribution in [1.29, 1.82) is 0 Å². The number of fused-ring (bicyclic) bond motifs is 1. The molecule has 2 heterocycles. The van der Waals surface area contributed by atoms with E-state index in [9.17, 15) is 4.39 Å². The Hall–Kier alpha value is -0.540. The minimum atomic E-state index is -0.834. The molecule has 0 saturated carbocycles. The first-order valence-electron chi connectivity index (χ1n) is 5.70. The first-order chi connectivity index (χ1) is 7.70. The van der Waals surface area contributed by atoms with Gasteiger partial charge in [0.05, 0.1) is 11.4 Å². The molecular formula is C13H15FOS. The van der Waals surface area contributed by atoms with Gasteiger partial charge >= 0.3 is 0 Å². The number of hydrogen-bond acceptors (Lipinski definition) is 2. The molecule has 1 aromatic rings. The van der Waals surface area contributed by atoms with E-state index in [1.165, 1.54) is 16.0 Å². The molecule has 0 aliphatic carbocycles. The number of rotatable bonds is 0. The van der Waals surface area contributed by atoms with Gasteiger partial charge in [0.2, 0.25) is 0 Å². The lowest BCUT2D eigenvalue weighted by atomic mass is 9.90. The summed E-state index contributed by atoms with van der Waals surface area (Å²) < 4.78 is 19.0. The fraction of sp³-hybridized carbons (Fsp3) is 0.538. The van der Waals surface area contributed by atoms with Crippen LogP contribution >= 0.6 is 11.8 Å². The van der Waals surface area contributed by atoms with E-state index < -0.39 is 6.17 Å². The maximum atomic E-state index is 14.1. The van der Waals surface area contributed by atoms with Crippen LogP contribution in [0.1, 0.15) is 17.5 Å². The highest BCUT2D eigenvalue weighted by Gasteiger charge is 2.47. The lowest BCUT2D eigenvalue weighted by molar-refractivity contribution is 0.0133. The largest absolute Gasteiger partial charge is 0.378 e. The second-order valence-corrected chi connectivity index (χ2v) is 6.20. The molecule has 0 radical (unpaired) electrons. The predicted octanol–water partition coefficient (Wildman–Crippen LogP) is 3.14. The highest BCUT2D eigenvalue weighted by molar-refractivity contribution is 8.01. The molecule has 0 aromatic heterocycles. The van der Waals surface area contributed by atoms with Crippen LogP contribution in [0, 0.1) is 6.92 Å². The van der Waals surface area contributed by atoms with Crippen molar-refractivity contribution >= 4 is 11.8 Å². The van der Waals surface area contributed by atoms with Crippen LogP contribution in [0.25, 0.3) is 0 Å². The van der Waals surface area contributed by atoms with Crippen LogP contribution in [0.4, 0.5) is 4.39 Å². The topological polar surface area (TPSA) is 9.23 Å². The van der Waals surface area contributed by atoms with Crippen molar-refractivity contribution in [3.8, 4) is 0 Å². The van der Waals surface area contributed by atoms with Gasteiger partial charge in [-0.2, -0.15) is 0 Å². The molecule has 16 heavy (non-hydrogen) atoms. The van der Waals surface area contributed by atoms with Crippen LogP contribution < -0.4 is 0 Å². The van der Waals surface area contributed by atoms with E-state index in [4.69, 9.17) is 4.74 Å². The fourth-order valence-electron chi connectivity index (χ4n) is 2.53. The molecule has 0 amide bonds. The van der Waals surface area contributed by atoms with Gasteiger partial charge in [0.1, 0.15) is 6.17 Å². The Morgan fingerprint density at radius 3 is 3.19 bits per heavy atom. The molecule has 1 nitrogen and oxygen atoms in total. The van der Waals surface area contributed by atoms with Gasteiger partial charge in [-0.25, -0.2) is 4.39 Å². The van der Waals surface area contributed by atoms with Crippen LogP contribution in [0.15, 0.2) is 23.1 Å². The number of alkyl halides is 1. The minimum absolute atomic E-state index is 0.242. The molecule has 1 aromatic carbocycles. The van der Waals surface area contributed by atoms with Crippen molar-refractivity contribution in [3.05, 3.63) is 29.3 Å². The SMILES string of the molecule is Cc1ccc2c(c1)SC1(CCOCC1F)C2. The smallest absolute Gasteiger partial charge is 0.139 e. The molecule has 0 bridgehead atoms. The van der Waals surface area contributed by atoms with Gasteiger partial charge in [0.25, 0.3) is 0 Å². The third-order valence-electron chi connectivity index (χ3n) is 3.53. The molecule has 2 aliphatic heterocycles. The van der Waals surface area contributed by atoms with Gasteiger partial charge in [-0.3, -0.25) is 0 Å². The number of thioether (sulfide) groups is 1. The van der Waals surface area contributed by atoms with Gasteiger partial charge in [-0.1, -0.05) is 17.7 Å². The van der Waals surface area contributed by atoms with Crippen LogP contribution in [-0.4, -0.2) is 24.1 Å². The number of aryl methyl sites for hydroxylation is 1. The zero-order valence-electron chi connectivity index (χ0n) is 9.33. The Kier molecular flexibility index (Phi) is 2.48. The van der Waals surface area contributed by atoms with Crippen LogP contribution in [0.3, 0.4) is 0 Å². The molecule has 1 saturated heterocycles. The average Bonchev–Trinajstić information content (AvgIpc) is 2.61. The van der Waals surface area contributed by atoms with Crippen LogP contribution in [0.5, 0.6) is 0 Å². The second kappa shape index (κ2) is 3.74. The van der Waals surface area contributed by atoms with Gasteiger partial charge in [0, 0.05) is 11.5 Å². The third-order valence-corrected chi connectivity index (χ3v) is 5.14. The highest BCUT2D eigenvalue weighted by Crippen LogP contribution is 2.51. The van der Waals surface area contributed by atoms with Crippen molar-refractivity contribution in [2.75, 3.05) is 13.2 Å². The van der Waals surface area contributed by atoms with Gasteiger partial charge in [0.15, 0.2) is 0 Å². The summed E-state index contributed by atoms with van der Waals surface area (Å²) in [6.07, 6.45) is 0.851. The maximum absolute atomic E-state index is 14.1. The van der Waals surface area contributed by atoms with E-state index in [-0.39, 0.29) is 11.4 Å². The third kappa shape index (κ3) is 1.57. The van der Waals surface area contributed by atoms with Crippen molar-refractivity contribution in [2.24, 2.45) is 0 Å². The summed E-state index contributed by atoms with van der Waals surface area (Å²) in [6, 6.07) is 6.44. The summed E-state index contributed by atoms with van der Waals surface area (Å²) in [5, 5.41) is 0. The fourth-order valence-corrected chi connectivity index (χ4v) is 4.10. The van der Waals surface area contributed by atoms with Crippen molar-refractivity contribution in [2.45, 2.75) is 35.6 Å². The first kappa shape index (κ1) is 10.6. The van der Waals surface area contributed by atoms with Gasteiger partial charge < -0.3 is 4.74 Å². The van der Waals surface area contributed by atoms with E-state index in [1.807, 2.05) is 0 Å². The molecule has 2 atom stereocenters. The molecule has 1 fully saturated rings. The molecular weight excluding hydrogens is 223 g/mol. The minimum Gasteiger partial charge on any atom is -0.378 e. The zero-order chi connectivity index (χ0) is 11.2. The molecule has 2 unspecified atom stereocenters. The number of benzene rings is 1. The van der Waals surface area contributed by atoms with Crippen molar-refractivity contribution in [3.63, 3.8) is 0 Å². The van der Waals surface area contributed by atoms with E-state index in [0.717, 1.165) is 12.8 Å². The van der Waals surface area contributed by atoms with E-state index >= 15 is 0 Å². The van der Waals surface area contributed by atoms with E-state index in [1.54, 1.807) is 11.8 Å².